The molecule has 1 heterocycles. The quantitative estimate of drug-likeness (QED) is 0.725. The molecule has 0 saturated heterocycles. The summed E-state index contributed by atoms with van der Waals surface area (Å²) in [5.74, 6) is -1.13. The highest BCUT2D eigenvalue weighted by molar-refractivity contribution is 5.83. The summed E-state index contributed by atoms with van der Waals surface area (Å²) in [4.78, 5) is 3.49. The Labute approximate surface area is 90.8 Å². The first kappa shape index (κ1) is 11.0. The minimum atomic E-state index is -4.50. The van der Waals surface area contributed by atoms with Gasteiger partial charge in [0.1, 0.15) is 6.10 Å². The third kappa shape index (κ3) is 2.03. The van der Waals surface area contributed by atoms with Crippen molar-refractivity contribution in [2.75, 3.05) is 0 Å². The van der Waals surface area contributed by atoms with Gasteiger partial charge in [0.25, 0.3) is 5.90 Å². The molecule has 1 aromatic carbocycles. The number of alkyl halides is 3. The lowest BCUT2D eigenvalue weighted by Crippen LogP contribution is -2.23. The molecule has 0 amide bonds. The fraction of sp³-hybridized carbons (Fsp3) is 0.364. The highest BCUT2D eigenvalue weighted by atomic mass is 19.4. The third-order valence-corrected chi connectivity index (χ3v) is 2.37. The second-order valence-electron chi connectivity index (χ2n) is 3.62. The van der Waals surface area contributed by atoms with Gasteiger partial charge in [-0.25, -0.2) is 4.99 Å². The number of hydrogen-bond donors (Lipinski definition) is 0. The summed E-state index contributed by atoms with van der Waals surface area (Å²) in [6.07, 6.45) is -5.14. The molecule has 2 unspecified atom stereocenters. The van der Waals surface area contributed by atoms with Gasteiger partial charge in [0.15, 0.2) is 0 Å². The first-order valence-corrected chi connectivity index (χ1v) is 4.85. The normalized spacial score (nSPS) is 25.1. The summed E-state index contributed by atoms with van der Waals surface area (Å²) in [5.41, 5.74) is 0.706. The smallest absolute Gasteiger partial charge is 0.464 e. The van der Waals surface area contributed by atoms with E-state index in [-0.39, 0.29) is 0 Å². The molecule has 1 aromatic rings. The third-order valence-electron chi connectivity index (χ3n) is 2.37. The van der Waals surface area contributed by atoms with Gasteiger partial charge < -0.3 is 4.74 Å². The summed E-state index contributed by atoms with van der Waals surface area (Å²) >= 11 is 0. The van der Waals surface area contributed by atoms with Crippen LogP contribution in [0.4, 0.5) is 13.2 Å². The highest BCUT2D eigenvalue weighted by Gasteiger charge is 2.45. The monoisotopic (exact) mass is 229 g/mol. The van der Waals surface area contributed by atoms with Gasteiger partial charge >= 0.3 is 6.18 Å². The molecule has 86 valence electrons. The molecule has 0 saturated carbocycles. The Hall–Kier alpha value is -1.52. The van der Waals surface area contributed by atoms with Crippen molar-refractivity contribution in [3.8, 4) is 0 Å². The maximum absolute atomic E-state index is 12.4. The molecule has 0 radical (unpaired) electrons. The van der Waals surface area contributed by atoms with E-state index >= 15 is 0 Å². The van der Waals surface area contributed by atoms with E-state index in [0.717, 1.165) is 0 Å². The fourth-order valence-electron chi connectivity index (χ4n) is 1.63. The van der Waals surface area contributed by atoms with E-state index in [1.165, 1.54) is 0 Å². The Morgan fingerprint density at radius 2 is 1.81 bits per heavy atom. The van der Waals surface area contributed by atoms with Crippen molar-refractivity contribution in [2.45, 2.75) is 25.2 Å². The molecule has 16 heavy (non-hydrogen) atoms. The van der Waals surface area contributed by atoms with Crippen LogP contribution in [0.5, 0.6) is 0 Å². The van der Waals surface area contributed by atoms with Crippen molar-refractivity contribution in [1.29, 1.82) is 0 Å². The molecule has 2 nitrogen and oxygen atoms in total. The molecule has 0 fully saturated rings. The number of aliphatic imine (C=N–C) groups is 1. The van der Waals surface area contributed by atoms with E-state index in [0.29, 0.717) is 5.56 Å². The van der Waals surface area contributed by atoms with Crippen LogP contribution in [0.1, 0.15) is 18.6 Å². The lowest BCUT2D eigenvalue weighted by molar-refractivity contribution is -0.0793. The first-order valence-electron chi connectivity index (χ1n) is 4.85. The Morgan fingerprint density at radius 3 is 2.31 bits per heavy atom. The predicted octanol–water partition coefficient (Wildman–Crippen LogP) is 3.11. The maximum Gasteiger partial charge on any atom is 0.468 e. The average molecular weight is 229 g/mol. The number of ether oxygens (including phenoxy) is 1. The van der Waals surface area contributed by atoms with Crippen molar-refractivity contribution in [3.05, 3.63) is 35.9 Å². The second kappa shape index (κ2) is 3.81. The van der Waals surface area contributed by atoms with Crippen molar-refractivity contribution in [2.24, 2.45) is 4.99 Å². The molecule has 2 rings (SSSR count). The highest BCUT2D eigenvalue weighted by Crippen LogP contribution is 2.34. The molecule has 1 aliphatic rings. The Kier molecular flexibility index (Phi) is 2.61. The lowest BCUT2D eigenvalue weighted by Gasteiger charge is -2.15. The number of nitrogens with zero attached hydrogens (tertiary/aromatic N) is 1. The van der Waals surface area contributed by atoms with Crippen LogP contribution in [0.15, 0.2) is 35.3 Å². The van der Waals surface area contributed by atoms with Gasteiger partial charge in [-0.1, -0.05) is 30.3 Å². The molecular formula is C11H10F3NO. The van der Waals surface area contributed by atoms with Crippen molar-refractivity contribution in [3.63, 3.8) is 0 Å². The van der Waals surface area contributed by atoms with Crippen LogP contribution in [0, 0.1) is 0 Å². The average Bonchev–Trinajstić information content (AvgIpc) is 2.61. The molecular weight excluding hydrogens is 219 g/mol. The van der Waals surface area contributed by atoms with Gasteiger partial charge in [-0.05, 0) is 12.5 Å². The summed E-state index contributed by atoms with van der Waals surface area (Å²) in [7, 11) is 0. The summed E-state index contributed by atoms with van der Waals surface area (Å²) < 4.78 is 42.0. The topological polar surface area (TPSA) is 21.6 Å². The van der Waals surface area contributed by atoms with Crippen LogP contribution < -0.4 is 0 Å². The number of halogens is 3. The van der Waals surface area contributed by atoms with E-state index in [1.54, 1.807) is 37.3 Å². The molecule has 1 aliphatic heterocycles. The van der Waals surface area contributed by atoms with Crippen LogP contribution in [-0.4, -0.2) is 18.1 Å². The van der Waals surface area contributed by atoms with Gasteiger partial charge in [0.05, 0.1) is 6.04 Å². The van der Waals surface area contributed by atoms with Crippen LogP contribution >= 0.6 is 0 Å². The van der Waals surface area contributed by atoms with Gasteiger partial charge in [0.2, 0.25) is 0 Å². The van der Waals surface area contributed by atoms with Crippen LogP contribution in [0.3, 0.4) is 0 Å². The number of benzene rings is 1. The Balaban J connectivity index is 2.19. The minimum absolute atomic E-state index is 0.515. The van der Waals surface area contributed by atoms with E-state index in [9.17, 15) is 13.2 Å². The van der Waals surface area contributed by atoms with Gasteiger partial charge in [-0.3, -0.25) is 0 Å². The maximum atomic E-state index is 12.4. The first-order chi connectivity index (χ1) is 7.48. The van der Waals surface area contributed by atoms with Crippen molar-refractivity contribution >= 4 is 5.90 Å². The van der Waals surface area contributed by atoms with Crippen molar-refractivity contribution in [1.82, 2.24) is 0 Å². The molecule has 0 aliphatic carbocycles. The van der Waals surface area contributed by atoms with Gasteiger partial charge in [-0.2, -0.15) is 13.2 Å². The minimum Gasteiger partial charge on any atom is -0.464 e. The summed E-state index contributed by atoms with van der Waals surface area (Å²) in [6.45, 7) is 1.61. The fourth-order valence-corrected chi connectivity index (χ4v) is 1.63. The van der Waals surface area contributed by atoms with Crippen LogP contribution in [0.2, 0.25) is 0 Å². The zero-order chi connectivity index (χ0) is 11.8. The number of rotatable bonds is 1. The molecule has 2 atom stereocenters. The Morgan fingerprint density at radius 1 is 1.19 bits per heavy atom. The van der Waals surface area contributed by atoms with E-state index in [4.69, 9.17) is 4.74 Å². The molecule has 0 N–H and O–H groups in total. The van der Waals surface area contributed by atoms with E-state index < -0.39 is 24.2 Å². The van der Waals surface area contributed by atoms with Crippen LogP contribution in [-0.2, 0) is 4.74 Å². The molecule has 0 aromatic heterocycles. The zero-order valence-corrected chi connectivity index (χ0v) is 8.53. The van der Waals surface area contributed by atoms with Gasteiger partial charge in [0, 0.05) is 0 Å². The lowest BCUT2D eigenvalue weighted by atomic mass is 10.0. The molecule has 0 spiro atoms. The van der Waals surface area contributed by atoms with E-state index in [2.05, 4.69) is 4.99 Å². The molecule has 0 bridgehead atoms. The van der Waals surface area contributed by atoms with Gasteiger partial charge in [-0.15, -0.1) is 0 Å². The summed E-state index contributed by atoms with van der Waals surface area (Å²) in [6, 6.07) is 8.27. The predicted molar refractivity (Wildman–Crippen MR) is 53.2 cm³/mol. The number of hydrogen-bond acceptors (Lipinski definition) is 2. The van der Waals surface area contributed by atoms with Crippen molar-refractivity contribution < 1.29 is 17.9 Å². The summed E-state index contributed by atoms with van der Waals surface area (Å²) in [5, 5.41) is 0. The largest absolute Gasteiger partial charge is 0.468 e. The van der Waals surface area contributed by atoms with Crippen LogP contribution in [0.25, 0.3) is 0 Å². The SMILES string of the molecule is CC1N=C(C(F)(F)F)OC1c1ccccc1. The standard InChI is InChI=1S/C11H10F3NO/c1-7-9(8-5-3-2-4-6-8)16-10(15-7)11(12,13)14/h2-7,9H,1H3. The second-order valence-corrected chi connectivity index (χ2v) is 3.62. The Bertz CT molecular complexity index is 399. The zero-order valence-electron chi connectivity index (χ0n) is 8.53. The molecule has 5 heteroatoms. The van der Waals surface area contributed by atoms with E-state index in [1.807, 2.05) is 0 Å².